The molecule has 0 amide bonds. The minimum absolute atomic E-state index is 0.0375. The molecule has 9 heteroatoms. The maximum absolute atomic E-state index is 12.2. The topological polar surface area (TPSA) is 114 Å². The van der Waals surface area contributed by atoms with Gasteiger partial charge in [0.1, 0.15) is 28.8 Å². The van der Waals surface area contributed by atoms with Crippen molar-refractivity contribution >= 4 is 17.7 Å². The summed E-state index contributed by atoms with van der Waals surface area (Å²) in [6.45, 7) is 0. The Kier molecular flexibility index (Phi) is 5.67. The number of carbonyl (C=O) groups is 1. The standard InChI is InChI=1S/C16H15N3O5S/c1-22-8-5-9(15(21)24-3)12(11(6-8)23-2)13-10(7-17)14(20)19-16(18-13)25-4/h5-6H,1-4H3,(H,18,19,20). The van der Waals surface area contributed by atoms with Crippen LogP contribution >= 0.6 is 11.8 Å². The number of hydrogen-bond acceptors (Lipinski definition) is 8. The average Bonchev–Trinajstić information content (AvgIpc) is 2.65. The molecule has 8 nitrogen and oxygen atoms in total. The summed E-state index contributed by atoms with van der Waals surface area (Å²) in [4.78, 5) is 31.2. The number of ether oxygens (including phenoxy) is 3. The first-order valence-corrected chi connectivity index (χ1v) is 8.16. The number of nitrogens with zero attached hydrogens (tertiary/aromatic N) is 2. The third-order valence-electron chi connectivity index (χ3n) is 3.38. The van der Waals surface area contributed by atoms with E-state index in [1.54, 1.807) is 6.26 Å². The van der Waals surface area contributed by atoms with Gasteiger partial charge in [0.2, 0.25) is 0 Å². The van der Waals surface area contributed by atoms with Crippen LogP contribution < -0.4 is 15.0 Å². The largest absolute Gasteiger partial charge is 0.497 e. The van der Waals surface area contributed by atoms with E-state index in [4.69, 9.17) is 14.2 Å². The van der Waals surface area contributed by atoms with Crippen molar-refractivity contribution in [3.8, 4) is 28.8 Å². The Morgan fingerprint density at radius 3 is 2.52 bits per heavy atom. The Balaban J connectivity index is 2.96. The van der Waals surface area contributed by atoms with Crippen molar-refractivity contribution in [2.45, 2.75) is 5.16 Å². The first kappa shape index (κ1) is 18.4. The van der Waals surface area contributed by atoms with E-state index in [9.17, 15) is 14.9 Å². The van der Waals surface area contributed by atoms with E-state index in [1.807, 2.05) is 6.07 Å². The van der Waals surface area contributed by atoms with E-state index in [0.717, 1.165) is 0 Å². The van der Waals surface area contributed by atoms with E-state index in [-0.39, 0.29) is 28.1 Å². The fourth-order valence-electron chi connectivity index (χ4n) is 2.22. The van der Waals surface area contributed by atoms with Gasteiger partial charge in [0.15, 0.2) is 5.16 Å². The van der Waals surface area contributed by atoms with Gasteiger partial charge in [0, 0.05) is 6.07 Å². The molecule has 1 aromatic carbocycles. The fraction of sp³-hybridized carbons (Fsp3) is 0.250. The minimum Gasteiger partial charge on any atom is -0.497 e. The summed E-state index contributed by atoms with van der Waals surface area (Å²) in [5.41, 5.74) is -0.541. The second-order valence-electron chi connectivity index (χ2n) is 4.65. The highest BCUT2D eigenvalue weighted by atomic mass is 32.2. The molecule has 130 valence electrons. The minimum atomic E-state index is -0.677. The Hall–Kier alpha value is -2.99. The highest BCUT2D eigenvalue weighted by molar-refractivity contribution is 7.98. The molecule has 0 aliphatic carbocycles. The van der Waals surface area contributed by atoms with Gasteiger partial charge >= 0.3 is 5.97 Å². The number of H-pyrrole nitrogens is 1. The number of methoxy groups -OCH3 is 3. The van der Waals surface area contributed by atoms with Crippen LogP contribution in [0, 0.1) is 11.3 Å². The predicted molar refractivity (Wildman–Crippen MR) is 91.2 cm³/mol. The zero-order chi connectivity index (χ0) is 18.6. The van der Waals surface area contributed by atoms with E-state index in [2.05, 4.69) is 9.97 Å². The van der Waals surface area contributed by atoms with Crippen LogP contribution in [0.1, 0.15) is 15.9 Å². The molecule has 1 heterocycles. The van der Waals surface area contributed by atoms with E-state index in [1.165, 1.54) is 45.2 Å². The van der Waals surface area contributed by atoms with Crippen molar-refractivity contribution in [3.05, 3.63) is 33.6 Å². The zero-order valence-electron chi connectivity index (χ0n) is 14.0. The molecule has 0 fully saturated rings. The summed E-state index contributed by atoms with van der Waals surface area (Å²) in [5.74, 6) is -0.0975. The molecule has 0 aliphatic heterocycles. The van der Waals surface area contributed by atoms with Gasteiger partial charge in [-0.05, 0) is 12.3 Å². The number of nitriles is 1. The van der Waals surface area contributed by atoms with Gasteiger partial charge in [-0.3, -0.25) is 4.79 Å². The zero-order valence-corrected chi connectivity index (χ0v) is 14.8. The number of aromatic amines is 1. The van der Waals surface area contributed by atoms with Crippen molar-refractivity contribution in [2.75, 3.05) is 27.6 Å². The Morgan fingerprint density at radius 2 is 2.00 bits per heavy atom. The average molecular weight is 361 g/mol. The fourth-order valence-corrected chi connectivity index (χ4v) is 2.60. The second-order valence-corrected chi connectivity index (χ2v) is 5.45. The molecule has 0 radical (unpaired) electrons. The van der Waals surface area contributed by atoms with Gasteiger partial charge in [-0.1, -0.05) is 11.8 Å². The summed E-state index contributed by atoms with van der Waals surface area (Å²) < 4.78 is 15.3. The predicted octanol–water partition coefficient (Wildman–Crippen LogP) is 1.83. The van der Waals surface area contributed by atoms with Gasteiger partial charge in [-0.25, -0.2) is 9.78 Å². The van der Waals surface area contributed by atoms with Crippen LogP contribution in [0.3, 0.4) is 0 Å². The number of benzene rings is 1. The number of thioether (sulfide) groups is 1. The maximum atomic E-state index is 12.2. The van der Waals surface area contributed by atoms with Crippen LogP contribution in [0.2, 0.25) is 0 Å². The number of carbonyl (C=O) groups excluding carboxylic acids is 1. The lowest BCUT2D eigenvalue weighted by Crippen LogP contribution is -2.16. The summed E-state index contributed by atoms with van der Waals surface area (Å²) in [7, 11) is 4.06. The molecule has 2 aromatic rings. The summed E-state index contributed by atoms with van der Waals surface area (Å²) in [6.07, 6.45) is 1.72. The number of aromatic nitrogens is 2. The molecule has 0 saturated carbocycles. The van der Waals surface area contributed by atoms with Gasteiger partial charge in [-0.15, -0.1) is 0 Å². The van der Waals surface area contributed by atoms with E-state index < -0.39 is 11.5 Å². The molecule has 0 spiro atoms. The molecule has 25 heavy (non-hydrogen) atoms. The summed E-state index contributed by atoms with van der Waals surface area (Å²) in [6, 6.07) is 4.79. The quantitative estimate of drug-likeness (QED) is 0.487. The highest BCUT2D eigenvalue weighted by Gasteiger charge is 2.25. The smallest absolute Gasteiger partial charge is 0.338 e. The Morgan fingerprint density at radius 1 is 1.28 bits per heavy atom. The van der Waals surface area contributed by atoms with E-state index >= 15 is 0 Å². The van der Waals surface area contributed by atoms with Crippen molar-refractivity contribution in [1.82, 2.24) is 9.97 Å². The van der Waals surface area contributed by atoms with Crippen LogP contribution in [0.25, 0.3) is 11.3 Å². The maximum Gasteiger partial charge on any atom is 0.338 e. The lowest BCUT2D eigenvalue weighted by molar-refractivity contribution is 0.0601. The van der Waals surface area contributed by atoms with Crippen molar-refractivity contribution in [1.29, 1.82) is 5.26 Å². The number of hydrogen-bond donors (Lipinski definition) is 1. The van der Waals surface area contributed by atoms with Crippen molar-refractivity contribution in [3.63, 3.8) is 0 Å². The molecule has 0 atom stereocenters. The SMILES string of the molecule is COC(=O)c1cc(OC)cc(OC)c1-c1nc(SC)[nH]c(=O)c1C#N. The summed E-state index contributed by atoms with van der Waals surface area (Å²) >= 11 is 1.19. The molecule has 2 rings (SSSR count). The van der Waals surface area contributed by atoms with Crippen LogP contribution in [0.5, 0.6) is 11.5 Å². The molecule has 1 aromatic heterocycles. The van der Waals surface area contributed by atoms with Crippen LogP contribution in [-0.4, -0.2) is 43.5 Å². The van der Waals surface area contributed by atoms with E-state index in [0.29, 0.717) is 10.9 Å². The Bertz CT molecular complexity index is 917. The van der Waals surface area contributed by atoms with Gasteiger partial charge in [0.05, 0.1) is 32.5 Å². The molecule has 0 unspecified atom stereocenters. The number of esters is 1. The molecular formula is C16H15N3O5S. The molecular weight excluding hydrogens is 346 g/mol. The number of nitrogens with one attached hydrogen (secondary N) is 1. The molecule has 0 bridgehead atoms. The van der Waals surface area contributed by atoms with Gasteiger partial charge in [-0.2, -0.15) is 5.26 Å². The Labute approximate surface area is 147 Å². The first-order valence-electron chi connectivity index (χ1n) is 6.93. The molecule has 0 saturated heterocycles. The van der Waals surface area contributed by atoms with Crippen LogP contribution in [0.4, 0.5) is 0 Å². The summed E-state index contributed by atoms with van der Waals surface area (Å²) in [5, 5.41) is 9.68. The van der Waals surface area contributed by atoms with Crippen LogP contribution in [0.15, 0.2) is 22.1 Å². The number of rotatable bonds is 5. The molecule has 1 N–H and O–H groups in total. The van der Waals surface area contributed by atoms with Crippen molar-refractivity contribution in [2.24, 2.45) is 0 Å². The third kappa shape index (κ3) is 3.44. The normalized spacial score (nSPS) is 10.0. The first-order chi connectivity index (χ1) is 12.0. The second kappa shape index (κ2) is 7.72. The van der Waals surface area contributed by atoms with Crippen LogP contribution in [-0.2, 0) is 4.74 Å². The van der Waals surface area contributed by atoms with Gasteiger partial charge in [0.25, 0.3) is 5.56 Å². The lowest BCUT2D eigenvalue weighted by atomic mass is 9.99. The monoisotopic (exact) mass is 361 g/mol. The van der Waals surface area contributed by atoms with Gasteiger partial charge < -0.3 is 19.2 Å². The lowest BCUT2D eigenvalue weighted by Gasteiger charge is -2.15. The highest BCUT2D eigenvalue weighted by Crippen LogP contribution is 2.37. The molecule has 0 aliphatic rings. The third-order valence-corrected chi connectivity index (χ3v) is 3.96. The van der Waals surface area contributed by atoms with Crippen molar-refractivity contribution < 1.29 is 19.0 Å².